The molecule has 1 rings (SSSR count). The molecule has 0 aliphatic carbocycles. The quantitative estimate of drug-likeness (QED) is 0.456. The summed E-state index contributed by atoms with van der Waals surface area (Å²) in [6, 6.07) is 7.86. The van der Waals surface area contributed by atoms with Crippen LogP contribution < -0.4 is 0 Å². The monoisotopic (exact) mass is 250 g/mol. The second kappa shape index (κ2) is 6.42. The number of rotatable bonds is 3. The topological polar surface area (TPSA) is 9.23 Å². The van der Waals surface area contributed by atoms with Crippen molar-refractivity contribution in [1.82, 2.24) is 0 Å². The highest BCUT2D eigenvalue weighted by Gasteiger charge is 1.87. The van der Waals surface area contributed by atoms with Gasteiger partial charge in [0.15, 0.2) is 0 Å². The van der Waals surface area contributed by atoms with Crippen LogP contribution in [0.2, 0.25) is 0 Å². The van der Waals surface area contributed by atoms with Crippen LogP contribution in [0.4, 0.5) is 0 Å². The maximum Gasteiger partial charge on any atom is 0.108 e. The molecule has 0 heterocycles. The first-order valence-electron chi connectivity index (χ1n) is 4.26. The predicted molar refractivity (Wildman–Crippen MR) is 62.0 cm³/mol. The molecule has 0 saturated carbocycles. The van der Waals surface area contributed by atoms with Crippen molar-refractivity contribution in [1.29, 1.82) is 0 Å². The molecule has 0 amide bonds. The Hall–Kier alpha value is -1.04. The average Bonchev–Trinajstić information content (AvgIpc) is 2.18. The van der Waals surface area contributed by atoms with Crippen molar-refractivity contribution in [2.45, 2.75) is 0 Å². The fraction of sp³-hybridized carbons (Fsp3) is 0.167. The summed E-state index contributed by atoms with van der Waals surface area (Å²) in [5.41, 5.74) is 0.988. The Labute approximate surface area is 92.9 Å². The van der Waals surface area contributed by atoms with Gasteiger partial charge in [-0.2, -0.15) is 0 Å². The van der Waals surface area contributed by atoms with Gasteiger partial charge in [0.05, 0.1) is 6.61 Å². The van der Waals surface area contributed by atoms with E-state index < -0.39 is 0 Å². The fourth-order valence-electron chi connectivity index (χ4n) is 0.898. The molecular weight excluding hydrogens is 240 g/mol. The van der Waals surface area contributed by atoms with Crippen LogP contribution in [0, 0.1) is 11.8 Å². The molecule has 0 aliphatic heterocycles. The van der Waals surface area contributed by atoms with Gasteiger partial charge >= 0.3 is 0 Å². The maximum atomic E-state index is 5.13. The van der Waals surface area contributed by atoms with E-state index in [0.29, 0.717) is 13.2 Å². The molecule has 0 spiro atoms. The molecule has 1 aromatic carbocycles. The minimum Gasteiger partial charge on any atom is -0.365 e. The summed E-state index contributed by atoms with van der Waals surface area (Å²) in [7, 11) is 0. The maximum absolute atomic E-state index is 5.13. The van der Waals surface area contributed by atoms with Gasteiger partial charge in [0, 0.05) is 10.0 Å². The summed E-state index contributed by atoms with van der Waals surface area (Å²) >= 11 is 3.38. The molecule has 0 aromatic heterocycles. The summed E-state index contributed by atoms with van der Waals surface area (Å²) in [6.07, 6.45) is 1.71. The number of hydrogen-bond acceptors (Lipinski definition) is 1. The van der Waals surface area contributed by atoms with E-state index in [9.17, 15) is 0 Å². The summed E-state index contributed by atoms with van der Waals surface area (Å²) < 4.78 is 6.17. The zero-order valence-corrected chi connectivity index (χ0v) is 9.38. The van der Waals surface area contributed by atoms with Crippen LogP contribution in [0.15, 0.2) is 41.4 Å². The SMILES string of the molecule is C=CCOCC#Cc1cccc(Br)c1. The van der Waals surface area contributed by atoms with Crippen molar-refractivity contribution in [3.8, 4) is 11.8 Å². The number of hydrogen-bond donors (Lipinski definition) is 0. The lowest BCUT2D eigenvalue weighted by molar-refractivity contribution is 0.199. The third-order valence-corrected chi connectivity index (χ3v) is 1.96. The Morgan fingerprint density at radius 3 is 3.07 bits per heavy atom. The first-order chi connectivity index (χ1) is 6.83. The Morgan fingerprint density at radius 1 is 1.50 bits per heavy atom. The van der Waals surface area contributed by atoms with Crippen LogP contribution in [-0.4, -0.2) is 13.2 Å². The van der Waals surface area contributed by atoms with E-state index in [2.05, 4.69) is 34.3 Å². The Morgan fingerprint density at radius 2 is 2.36 bits per heavy atom. The predicted octanol–water partition coefficient (Wildman–Crippen LogP) is 3.00. The highest BCUT2D eigenvalue weighted by Crippen LogP contribution is 2.10. The molecular formula is C12H11BrO. The van der Waals surface area contributed by atoms with Crippen molar-refractivity contribution in [2.75, 3.05) is 13.2 Å². The molecule has 0 saturated heterocycles. The standard InChI is InChI=1S/C12H11BrO/c1-2-8-14-9-4-6-11-5-3-7-12(13)10-11/h2-3,5,7,10H,1,8-9H2. The van der Waals surface area contributed by atoms with Gasteiger partial charge in [0.1, 0.15) is 6.61 Å². The lowest BCUT2D eigenvalue weighted by atomic mass is 10.2. The highest BCUT2D eigenvalue weighted by molar-refractivity contribution is 9.10. The zero-order valence-electron chi connectivity index (χ0n) is 7.79. The Bertz CT molecular complexity index is 360. The van der Waals surface area contributed by atoms with E-state index in [1.165, 1.54) is 0 Å². The van der Waals surface area contributed by atoms with Crippen molar-refractivity contribution in [2.24, 2.45) is 0 Å². The third-order valence-electron chi connectivity index (χ3n) is 1.47. The largest absolute Gasteiger partial charge is 0.365 e. The first-order valence-corrected chi connectivity index (χ1v) is 5.05. The summed E-state index contributed by atoms with van der Waals surface area (Å²) in [4.78, 5) is 0. The van der Waals surface area contributed by atoms with Gasteiger partial charge in [-0.1, -0.05) is 39.9 Å². The van der Waals surface area contributed by atoms with E-state index in [-0.39, 0.29) is 0 Å². The van der Waals surface area contributed by atoms with Crippen LogP contribution in [0.5, 0.6) is 0 Å². The van der Waals surface area contributed by atoms with Crippen LogP contribution in [0.1, 0.15) is 5.56 Å². The van der Waals surface area contributed by atoms with E-state index in [1.807, 2.05) is 24.3 Å². The van der Waals surface area contributed by atoms with Gasteiger partial charge < -0.3 is 4.74 Å². The molecule has 0 radical (unpaired) electrons. The minimum atomic E-state index is 0.443. The van der Waals surface area contributed by atoms with Crippen LogP contribution in [-0.2, 0) is 4.74 Å². The smallest absolute Gasteiger partial charge is 0.108 e. The van der Waals surface area contributed by atoms with Crippen molar-refractivity contribution in [3.05, 3.63) is 47.0 Å². The first kappa shape index (κ1) is 11.0. The van der Waals surface area contributed by atoms with Gasteiger partial charge in [-0.15, -0.1) is 6.58 Å². The fourth-order valence-corrected chi connectivity index (χ4v) is 1.30. The number of benzene rings is 1. The average molecular weight is 251 g/mol. The number of ether oxygens (including phenoxy) is 1. The molecule has 0 atom stereocenters. The van der Waals surface area contributed by atoms with E-state index in [4.69, 9.17) is 4.74 Å². The molecule has 72 valence electrons. The molecule has 0 fully saturated rings. The molecule has 1 nitrogen and oxygen atoms in total. The normalized spacial score (nSPS) is 8.93. The Balaban J connectivity index is 2.46. The van der Waals surface area contributed by atoms with Crippen LogP contribution in [0.25, 0.3) is 0 Å². The molecule has 0 N–H and O–H groups in total. The van der Waals surface area contributed by atoms with E-state index >= 15 is 0 Å². The van der Waals surface area contributed by atoms with Gasteiger partial charge in [-0.05, 0) is 18.2 Å². The Kier molecular flexibility index (Phi) is 5.06. The van der Waals surface area contributed by atoms with Gasteiger partial charge in [0.25, 0.3) is 0 Å². The minimum absolute atomic E-state index is 0.443. The van der Waals surface area contributed by atoms with Crippen LogP contribution in [0.3, 0.4) is 0 Å². The van der Waals surface area contributed by atoms with Gasteiger partial charge in [0.2, 0.25) is 0 Å². The lowest BCUT2D eigenvalue weighted by Gasteiger charge is -1.92. The van der Waals surface area contributed by atoms with E-state index in [0.717, 1.165) is 10.0 Å². The lowest BCUT2D eigenvalue weighted by Crippen LogP contribution is -1.89. The summed E-state index contributed by atoms with van der Waals surface area (Å²) in [5, 5.41) is 0. The summed E-state index contributed by atoms with van der Waals surface area (Å²) in [6.45, 7) is 4.54. The molecule has 0 aliphatic rings. The van der Waals surface area contributed by atoms with Crippen molar-refractivity contribution >= 4 is 15.9 Å². The van der Waals surface area contributed by atoms with E-state index in [1.54, 1.807) is 6.08 Å². The molecule has 14 heavy (non-hydrogen) atoms. The number of halogens is 1. The highest BCUT2D eigenvalue weighted by atomic mass is 79.9. The van der Waals surface area contributed by atoms with Crippen molar-refractivity contribution < 1.29 is 4.74 Å². The molecule has 1 aromatic rings. The zero-order chi connectivity index (χ0) is 10.2. The third kappa shape index (κ3) is 4.27. The van der Waals surface area contributed by atoms with Crippen LogP contribution >= 0.6 is 15.9 Å². The molecule has 2 heteroatoms. The van der Waals surface area contributed by atoms with Crippen molar-refractivity contribution in [3.63, 3.8) is 0 Å². The second-order valence-electron chi connectivity index (χ2n) is 2.62. The second-order valence-corrected chi connectivity index (χ2v) is 3.53. The molecule has 0 bridgehead atoms. The van der Waals surface area contributed by atoms with Gasteiger partial charge in [-0.3, -0.25) is 0 Å². The molecule has 0 unspecified atom stereocenters. The van der Waals surface area contributed by atoms with Gasteiger partial charge in [-0.25, -0.2) is 0 Å². The summed E-state index contributed by atoms with van der Waals surface area (Å²) in [5.74, 6) is 5.93.